The Balaban J connectivity index is 1.45. The number of ether oxygens (including phenoxy) is 4. The monoisotopic (exact) mass is 548 g/mol. The van der Waals surface area contributed by atoms with E-state index in [0.717, 1.165) is 11.8 Å². The van der Waals surface area contributed by atoms with Gasteiger partial charge < -0.3 is 24.3 Å². The number of carbonyl (C=O) groups excluding carboxylic acids is 1. The van der Waals surface area contributed by atoms with E-state index in [4.69, 9.17) is 14.2 Å². The minimum Gasteiger partial charge on any atom is -0.484 e. The Labute approximate surface area is 218 Å². The first kappa shape index (κ1) is 25.8. The smallest absolute Gasteiger partial charge is 0.407 e. The van der Waals surface area contributed by atoms with Gasteiger partial charge in [-0.25, -0.2) is 24.1 Å². The molecule has 5 rings (SSSR count). The molecule has 0 spiro atoms. The van der Waals surface area contributed by atoms with E-state index in [2.05, 4.69) is 25.0 Å². The van der Waals surface area contributed by atoms with Crippen molar-refractivity contribution in [2.24, 2.45) is 0 Å². The molecular formula is C25H23F3N4O5S. The quantitative estimate of drug-likeness (QED) is 0.343. The number of aromatic nitrogens is 3. The van der Waals surface area contributed by atoms with Crippen LogP contribution in [0.25, 0.3) is 31.8 Å². The van der Waals surface area contributed by atoms with Crippen molar-refractivity contribution in [2.45, 2.75) is 46.0 Å². The van der Waals surface area contributed by atoms with Gasteiger partial charge >= 0.3 is 12.7 Å². The van der Waals surface area contributed by atoms with Crippen LogP contribution in [0.1, 0.15) is 26.3 Å². The van der Waals surface area contributed by atoms with Crippen molar-refractivity contribution in [1.29, 1.82) is 0 Å². The summed E-state index contributed by atoms with van der Waals surface area (Å²) in [5.74, 6) is -0.388. The molecule has 0 fully saturated rings. The summed E-state index contributed by atoms with van der Waals surface area (Å²) < 4.78 is 62.2. The van der Waals surface area contributed by atoms with Crippen LogP contribution in [0.5, 0.6) is 17.4 Å². The predicted molar refractivity (Wildman–Crippen MR) is 134 cm³/mol. The van der Waals surface area contributed by atoms with E-state index < -0.39 is 30.2 Å². The van der Waals surface area contributed by atoms with Crippen LogP contribution in [0.2, 0.25) is 0 Å². The molecule has 38 heavy (non-hydrogen) atoms. The van der Waals surface area contributed by atoms with Crippen molar-refractivity contribution in [3.05, 3.63) is 35.8 Å². The van der Waals surface area contributed by atoms with Crippen LogP contribution in [0.15, 0.2) is 24.4 Å². The van der Waals surface area contributed by atoms with E-state index in [1.54, 1.807) is 26.8 Å². The molecule has 1 unspecified atom stereocenters. The third kappa shape index (κ3) is 5.37. The molecule has 2 aromatic heterocycles. The van der Waals surface area contributed by atoms with Gasteiger partial charge in [0, 0.05) is 11.6 Å². The van der Waals surface area contributed by atoms with Crippen molar-refractivity contribution in [1.82, 2.24) is 20.3 Å². The van der Waals surface area contributed by atoms with Crippen LogP contribution >= 0.6 is 11.3 Å². The normalized spacial score (nSPS) is 15.2. The number of hydrogen-bond donors (Lipinski definition) is 1. The lowest BCUT2D eigenvalue weighted by atomic mass is 10.1. The van der Waals surface area contributed by atoms with Gasteiger partial charge in [0.1, 0.15) is 27.4 Å². The first-order chi connectivity index (χ1) is 18.0. The number of fused-ring (bicyclic) bond motifs is 4. The minimum absolute atomic E-state index is 0.0953. The van der Waals surface area contributed by atoms with E-state index in [9.17, 15) is 13.6 Å². The molecule has 4 aromatic rings. The summed E-state index contributed by atoms with van der Waals surface area (Å²) in [5, 5.41) is 3.06. The number of benzene rings is 2. The molecule has 1 aliphatic heterocycles. The number of alkyl halides is 2. The van der Waals surface area contributed by atoms with Crippen LogP contribution in [-0.4, -0.2) is 52.5 Å². The molecule has 0 saturated heterocycles. The van der Waals surface area contributed by atoms with Gasteiger partial charge in [0.15, 0.2) is 23.4 Å². The predicted octanol–water partition coefficient (Wildman–Crippen LogP) is 5.62. The van der Waals surface area contributed by atoms with Gasteiger partial charge in [0.25, 0.3) is 0 Å². The van der Waals surface area contributed by atoms with Crippen LogP contribution in [0.4, 0.5) is 18.0 Å². The fourth-order valence-corrected chi connectivity index (χ4v) is 4.98. The van der Waals surface area contributed by atoms with Crippen LogP contribution < -0.4 is 19.5 Å². The number of rotatable bonds is 5. The fraction of sp³-hybridized carbons (Fsp3) is 0.360. The molecular weight excluding hydrogens is 525 g/mol. The van der Waals surface area contributed by atoms with Crippen molar-refractivity contribution in [2.75, 3.05) is 13.2 Å². The number of nitrogens with zero attached hydrogens (tertiary/aromatic N) is 3. The SMILES string of the molecule is Cc1cc(-c2nc3c(F)cc4c(c3s2)OCC(CNC(=O)OC(C)(C)C)O4)c2ncc(OC(F)F)nc2c1. The van der Waals surface area contributed by atoms with Crippen LogP contribution in [0.3, 0.4) is 0 Å². The first-order valence-corrected chi connectivity index (χ1v) is 12.4. The standard InChI is InChI=1S/C25H23F3N4O5S/c1-11-5-13(18-15(6-11)31-17(9-29-18)36-23(27)28)22-32-19-14(26)7-16-20(21(19)38-22)34-10-12(35-16)8-30-24(33)37-25(2,3)4/h5-7,9,12,23H,8,10H2,1-4H3,(H,30,33). The molecule has 2 aromatic carbocycles. The molecule has 13 heteroatoms. The molecule has 9 nitrogen and oxygen atoms in total. The molecule has 1 amide bonds. The van der Waals surface area contributed by atoms with Crippen molar-refractivity contribution in [3.8, 4) is 28.0 Å². The van der Waals surface area contributed by atoms with Crippen LogP contribution in [0, 0.1) is 12.7 Å². The molecule has 200 valence electrons. The molecule has 0 aliphatic carbocycles. The van der Waals surface area contributed by atoms with E-state index in [1.165, 1.54) is 17.4 Å². The zero-order valence-electron chi connectivity index (χ0n) is 20.8. The largest absolute Gasteiger partial charge is 0.484 e. The number of nitrogens with one attached hydrogen (secondary N) is 1. The maximum atomic E-state index is 15.1. The highest BCUT2D eigenvalue weighted by molar-refractivity contribution is 7.22. The second kappa shape index (κ2) is 9.78. The van der Waals surface area contributed by atoms with Gasteiger partial charge in [-0.2, -0.15) is 8.78 Å². The highest BCUT2D eigenvalue weighted by Crippen LogP contribution is 2.45. The van der Waals surface area contributed by atoms with Crippen molar-refractivity contribution >= 4 is 38.7 Å². The molecule has 1 atom stereocenters. The highest BCUT2D eigenvalue weighted by atomic mass is 32.1. The van der Waals surface area contributed by atoms with E-state index in [-0.39, 0.29) is 30.3 Å². The summed E-state index contributed by atoms with van der Waals surface area (Å²) in [6, 6.07) is 4.69. The Kier molecular flexibility index (Phi) is 6.63. The van der Waals surface area contributed by atoms with Gasteiger partial charge in [-0.05, 0) is 45.4 Å². The maximum Gasteiger partial charge on any atom is 0.407 e. The average Bonchev–Trinajstić information content (AvgIpc) is 3.27. The summed E-state index contributed by atoms with van der Waals surface area (Å²) in [6.07, 6.45) is -0.0483. The lowest BCUT2D eigenvalue weighted by Crippen LogP contribution is -2.42. The molecule has 3 heterocycles. The Morgan fingerprint density at radius 2 is 2.03 bits per heavy atom. The second-order valence-corrected chi connectivity index (χ2v) is 10.6. The number of hydrogen-bond acceptors (Lipinski definition) is 9. The van der Waals surface area contributed by atoms with Crippen molar-refractivity contribution in [3.63, 3.8) is 0 Å². The van der Waals surface area contributed by atoms with Gasteiger partial charge in [-0.3, -0.25) is 0 Å². The summed E-state index contributed by atoms with van der Waals surface area (Å²) in [4.78, 5) is 24.8. The number of aryl methyl sites for hydroxylation is 1. The lowest BCUT2D eigenvalue weighted by Gasteiger charge is -2.27. The Morgan fingerprint density at radius 1 is 1.24 bits per heavy atom. The maximum absolute atomic E-state index is 15.1. The zero-order valence-corrected chi connectivity index (χ0v) is 21.6. The summed E-state index contributed by atoms with van der Waals surface area (Å²) >= 11 is 1.18. The lowest BCUT2D eigenvalue weighted by molar-refractivity contribution is -0.0528. The number of alkyl carbamates (subject to hydrolysis) is 1. The first-order valence-electron chi connectivity index (χ1n) is 11.6. The number of carbonyl (C=O) groups is 1. The van der Waals surface area contributed by atoms with Crippen molar-refractivity contribution < 1.29 is 36.9 Å². The fourth-order valence-electron chi connectivity index (χ4n) is 3.90. The summed E-state index contributed by atoms with van der Waals surface area (Å²) in [7, 11) is 0. The average molecular weight is 549 g/mol. The zero-order chi connectivity index (χ0) is 27.2. The van der Waals surface area contributed by atoms with E-state index in [1.807, 2.05) is 13.0 Å². The summed E-state index contributed by atoms with van der Waals surface area (Å²) in [5.41, 5.74) is 1.52. The number of amides is 1. The third-order valence-corrected chi connectivity index (χ3v) is 6.42. The minimum atomic E-state index is -3.03. The third-order valence-electron chi connectivity index (χ3n) is 5.33. The molecule has 0 radical (unpaired) electrons. The molecule has 1 aliphatic rings. The molecule has 0 bridgehead atoms. The molecule has 0 saturated carbocycles. The summed E-state index contributed by atoms with van der Waals surface area (Å²) in [6.45, 7) is 4.27. The number of halogens is 3. The second-order valence-electron chi connectivity index (χ2n) is 9.58. The Hall–Kier alpha value is -3.87. The van der Waals surface area contributed by atoms with E-state index in [0.29, 0.717) is 32.1 Å². The topological polar surface area (TPSA) is 105 Å². The van der Waals surface area contributed by atoms with Gasteiger partial charge in [-0.15, -0.1) is 11.3 Å². The van der Waals surface area contributed by atoms with Gasteiger partial charge in [0.2, 0.25) is 5.88 Å². The van der Waals surface area contributed by atoms with Gasteiger partial charge in [0.05, 0.1) is 23.8 Å². The Bertz CT molecular complexity index is 1540. The Morgan fingerprint density at radius 3 is 2.76 bits per heavy atom. The molecule has 1 N–H and O–H groups in total. The van der Waals surface area contributed by atoms with Gasteiger partial charge in [-0.1, -0.05) is 0 Å². The van der Waals surface area contributed by atoms with Crippen LogP contribution in [-0.2, 0) is 4.74 Å². The number of thiazole rings is 1. The highest BCUT2D eigenvalue weighted by Gasteiger charge is 2.28. The van der Waals surface area contributed by atoms with E-state index >= 15 is 4.39 Å².